The zero-order chi connectivity index (χ0) is 16.8. The molecule has 0 saturated carbocycles. The standard InChI is InChI=1S/C18H21NO3S/c1-4-19-17(20)16(22-18(19)23)12-14(9-7-11-21-3)15-10-6-5-8-13(15)2/h5-6,8-10,12H,4,7,11H2,1-3H3/b14-9-,16-12+. The molecule has 0 spiro atoms. The van der Waals surface area contributed by atoms with Crippen LogP contribution >= 0.6 is 12.2 Å². The lowest BCUT2D eigenvalue weighted by Gasteiger charge is -2.08. The highest BCUT2D eigenvalue weighted by Gasteiger charge is 2.32. The molecule has 1 amide bonds. The Morgan fingerprint density at radius 3 is 2.74 bits per heavy atom. The smallest absolute Gasteiger partial charge is 0.297 e. The number of thiocarbonyl (C=S) groups is 1. The first-order valence-electron chi connectivity index (χ1n) is 7.59. The molecule has 5 heteroatoms. The second kappa shape index (κ2) is 8.04. The molecule has 1 aromatic carbocycles. The van der Waals surface area contributed by atoms with Gasteiger partial charge in [-0.2, -0.15) is 0 Å². The summed E-state index contributed by atoms with van der Waals surface area (Å²) in [6.07, 6.45) is 4.56. The van der Waals surface area contributed by atoms with Crippen molar-refractivity contribution in [3.8, 4) is 0 Å². The predicted octanol–water partition coefficient (Wildman–Crippen LogP) is 3.46. The van der Waals surface area contributed by atoms with Crippen LogP contribution in [0.5, 0.6) is 0 Å². The SMILES string of the molecule is CCN1C(=O)/C(=C\C(=C\CCOC)c2ccccc2C)OC1=S. The van der Waals surface area contributed by atoms with Gasteiger partial charge in [-0.15, -0.1) is 0 Å². The molecule has 1 aliphatic heterocycles. The van der Waals surface area contributed by atoms with Crippen LogP contribution in [0, 0.1) is 6.92 Å². The fourth-order valence-electron chi connectivity index (χ4n) is 2.39. The van der Waals surface area contributed by atoms with Gasteiger partial charge in [-0.1, -0.05) is 30.3 Å². The van der Waals surface area contributed by atoms with E-state index in [0.29, 0.717) is 13.2 Å². The second-order valence-electron chi connectivity index (χ2n) is 5.18. The Morgan fingerprint density at radius 1 is 1.39 bits per heavy atom. The topological polar surface area (TPSA) is 38.8 Å². The summed E-state index contributed by atoms with van der Waals surface area (Å²) in [6, 6.07) is 8.04. The van der Waals surface area contributed by atoms with Crippen molar-refractivity contribution in [1.29, 1.82) is 0 Å². The zero-order valence-electron chi connectivity index (χ0n) is 13.7. The van der Waals surface area contributed by atoms with E-state index < -0.39 is 0 Å². The number of allylic oxidation sites excluding steroid dienone is 2. The van der Waals surface area contributed by atoms with Gasteiger partial charge in [0.2, 0.25) is 0 Å². The third kappa shape index (κ3) is 4.06. The largest absolute Gasteiger partial charge is 0.426 e. The fraction of sp³-hybridized carbons (Fsp3) is 0.333. The average Bonchev–Trinajstić information content (AvgIpc) is 2.80. The second-order valence-corrected chi connectivity index (χ2v) is 5.53. The van der Waals surface area contributed by atoms with Gasteiger partial charge in [-0.3, -0.25) is 9.69 Å². The Morgan fingerprint density at radius 2 is 2.13 bits per heavy atom. The summed E-state index contributed by atoms with van der Waals surface area (Å²) in [7, 11) is 1.67. The van der Waals surface area contributed by atoms with Crippen molar-refractivity contribution in [3.63, 3.8) is 0 Å². The first-order chi connectivity index (χ1) is 11.1. The minimum Gasteiger partial charge on any atom is -0.426 e. The molecule has 122 valence electrons. The summed E-state index contributed by atoms with van der Waals surface area (Å²) in [5.41, 5.74) is 3.13. The van der Waals surface area contributed by atoms with Crippen LogP contribution in [0.3, 0.4) is 0 Å². The monoisotopic (exact) mass is 331 g/mol. The Kier molecular flexibility index (Phi) is 6.07. The van der Waals surface area contributed by atoms with Crippen molar-refractivity contribution in [1.82, 2.24) is 4.90 Å². The number of ether oxygens (including phenoxy) is 2. The van der Waals surface area contributed by atoms with Gasteiger partial charge < -0.3 is 9.47 Å². The molecular formula is C18H21NO3S. The number of hydrogen-bond acceptors (Lipinski definition) is 4. The minimum atomic E-state index is -0.191. The fourth-order valence-corrected chi connectivity index (χ4v) is 2.69. The summed E-state index contributed by atoms with van der Waals surface area (Å²) in [5, 5.41) is 0.213. The molecule has 23 heavy (non-hydrogen) atoms. The molecule has 1 fully saturated rings. The number of likely N-dealkylation sites (N-methyl/N-ethyl adjacent to an activating group) is 1. The summed E-state index contributed by atoms with van der Waals surface area (Å²) < 4.78 is 10.6. The first-order valence-corrected chi connectivity index (χ1v) is 7.99. The van der Waals surface area contributed by atoms with Crippen LogP contribution in [0.4, 0.5) is 0 Å². The molecular weight excluding hydrogens is 310 g/mol. The highest BCUT2D eigenvalue weighted by molar-refractivity contribution is 7.80. The number of benzene rings is 1. The number of aryl methyl sites for hydroxylation is 1. The number of rotatable bonds is 6. The van der Waals surface area contributed by atoms with Crippen LogP contribution in [0.25, 0.3) is 5.57 Å². The number of methoxy groups -OCH3 is 1. The van der Waals surface area contributed by atoms with Gasteiger partial charge in [-0.25, -0.2) is 0 Å². The molecule has 0 bridgehead atoms. The molecule has 4 nitrogen and oxygen atoms in total. The number of nitrogens with zero attached hydrogens (tertiary/aromatic N) is 1. The molecule has 0 unspecified atom stereocenters. The predicted molar refractivity (Wildman–Crippen MR) is 94.8 cm³/mol. The van der Waals surface area contributed by atoms with E-state index in [1.807, 2.05) is 44.2 Å². The van der Waals surface area contributed by atoms with E-state index in [2.05, 4.69) is 0 Å². The van der Waals surface area contributed by atoms with E-state index >= 15 is 0 Å². The Labute approximate surface area is 142 Å². The van der Waals surface area contributed by atoms with Crippen LogP contribution in [-0.4, -0.2) is 36.2 Å². The number of carbonyl (C=O) groups is 1. The molecule has 1 aromatic rings. The molecule has 2 rings (SSSR count). The summed E-state index contributed by atoms with van der Waals surface area (Å²) in [5.74, 6) is 0.0764. The van der Waals surface area contributed by atoms with E-state index in [0.717, 1.165) is 23.1 Å². The third-order valence-electron chi connectivity index (χ3n) is 3.62. The molecule has 0 aliphatic carbocycles. The van der Waals surface area contributed by atoms with Crippen molar-refractivity contribution in [2.24, 2.45) is 0 Å². The lowest BCUT2D eigenvalue weighted by Crippen LogP contribution is -2.27. The normalized spacial score (nSPS) is 17.1. The van der Waals surface area contributed by atoms with Crippen LogP contribution in [-0.2, 0) is 14.3 Å². The van der Waals surface area contributed by atoms with Crippen molar-refractivity contribution in [2.75, 3.05) is 20.3 Å². The lowest BCUT2D eigenvalue weighted by molar-refractivity contribution is -0.122. The van der Waals surface area contributed by atoms with E-state index in [1.54, 1.807) is 13.2 Å². The highest BCUT2D eigenvalue weighted by Crippen LogP contribution is 2.25. The van der Waals surface area contributed by atoms with E-state index in [-0.39, 0.29) is 16.8 Å². The maximum absolute atomic E-state index is 12.3. The van der Waals surface area contributed by atoms with Gasteiger partial charge >= 0.3 is 0 Å². The lowest BCUT2D eigenvalue weighted by atomic mass is 9.99. The van der Waals surface area contributed by atoms with Gasteiger partial charge in [0, 0.05) is 20.3 Å². The van der Waals surface area contributed by atoms with Crippen molar-refractivity contribution < 1.29 is 14.3 Å². The molecule has 0 aromatic heterocycles. The van der Waals surface area contributed by atoms with Gasteiger partial charge in [-0.05, 0) is 55.3 Å². The van der Waals surface area contributed by atoms with Gasteiger partial charge in [0.15, 0.2) is 5.76 Å². The summed E-state index contributed by atoms with van der Waals surface area (Å²) in [6.45, 7) is 5.03. The van der Waals surface area contributed by atoms with Crippen LogP contribution < -0.4 is 0 Å². The molecule has 0 radical (unpaired) electrons. The maximum Gasteiger partial charge on any atom is 0.297 e. The van der Waals surface area contributed by atoms with Crippen LogP contribution in [0.1, 0.15) is 24.5 Å². The maximum atomic E-state index is 12.3. The molecule has 1 aliphatic rings. The van der Waals surface area contributed by atoms with Gasteiger partial charge in [0.1, 0.15) is 0 Å². The number of hydrogen-bond donors (Lipinski definition) is 0. The number of amides is 1. The molecule has 1 saturated heterocycles. The molecule has 0 N–H and O–H groups in total. The number of carbonyl (C=O) groups excluding carboxylic acids is 1. The Balaban J connectivity index is 2.38. The van der Waals surface area contributed by atoms with E-state index in [1.165, 1.54) is 4.90 Å². The quantitative estimate of drug-likeness (QED) is 0.455. The third-order valence-corrected chi connectivity index (χ3v) is 3.92. The van der Waals surface area contributed by atoms with E-state index in [9.17, 15) is 4.79 Å². The van der Waals surface area contributed by atoms with Crippen LogP contribution in [0.2, 0.25) is 0 Å². The van der Waals surface area contributed by atoms with Crippen molar-refractivity contribution in [3.05, 3.63) is 53.3 Å². The zero-order valence-corrected chi connectivity index (χ0v) is 14.5. The highest BCUT2D eigenvalue weighted by atomic mass is 32.1. The van der Waals surface area contributed by atoms with Gasteiger partial charge in [0.05, 0.1) is 0 Å². The van der Waals surface area contributed by atoms with Gasteiger partial charge in [0.25, 0.3) is 11.1 Å². The summed E-state index contributed by atoms with van der Waals surface area (Å²) >= 11 is 5.10. The van der Waals surface area contributed by atoms with Crippen molar-refractivity contribution >= 4 is 28.9 Å². The average molecular weight is 331 g/mol. The summed E-state index contributed by atoms with van der Waals surface area (Å²) in [4.78, 5) is 13.8. The Bertz CT molecular complexity index is 664. The molecule has 0 atom stereocenters. The van der Waals surface area contributed by atoms with Crippen molar-refractivity contribution in [2.45, 2.75) is 20.3 Å². The minimum absolute atomic E-state index is 0.191. The molecule has 1 heterocycles. The first kappa shape index (κ1) is 17.4. The van der Waals surface area contributed by atoms with E-state index in [4.69, 9.17) is 21.7 Å². The Hall–Kier alpha value is -1.98. The van der Waals surface area contributed by atoms with Crippen LogP contribution in [0.15, 0.2) is 42.2 Å².